The Kier molecular flexibility index (Phi) is 6.51. The molecular formula is C9H15NO. The lowest BCUT2D eigenvalue weighted by Gasteiger charge is -1.86. The number of hydrogen-bond donors (Lipinski definition) is 0. The summed E-state index contributed by atoms with van der Waals surface area (Å²) in [6, 6.07) is 0. The molecule has 0 rings (SSSR count). The Balaban J connectivity index is 3.59. The molecule has 0 aromatic carbocycles. The molecule has 0 heterocycles. The quantitative estimate of drug-likeness (QED) is 0.263. The Morgan fingerprint density at radius 2 is 2.27 bits per heavy atom. The molecule has 0 aliphatic carbocycles. The first-order valence-electron chi connectivity index (χ1n) is 3.88. The topological polar surface area (TPSA) is 21.6 Å². The van der Waals surface area contributed by atoms with Crippen LogP contribution in [0.15, 0.2) is 5.16 Å². The summed E-state index contributed by atoms with van der Waals surface area (Å²) in [6.45, 7) is 3.99. The zero-order valence-electron chi connectivity index (χ0n) is 7.48. The smallest absolute Gasteiger partial charge is 0.126 e. The summed E-state index contributed by atoms with van der Waals surface area (Å²) >= 11 is 0. The molecule has 0 aromatic heterocycles. The van der Waals surface area contributed by atoms with Crippen LogP contribution in [0, 0.1) is 11.8 Å². The Hall–Kier alpha value is -0.970. The summed E-state index contributed by atoms with van der Waals surface area (Å²) in [7, 11) is 1.53. The van der Waals surface area contributed by atoms with E-state index < -0.39 is 0 Å². The van der Waals surface area contributed by atoms with Gasteiger partial charge in [0.15, 0.2) is 0 Å². The van der Waals surface area contributed by atoms with Gasteiger partial charge in [0, 0.05) is 6.42 Å². The largest absolute Gasteiger partial charge is 0.398 e. The van der Waals surface area contributed by atoms with Crippen molar-refractivity contribution in [3.8, 4) is 11.8 Å². The second-order valence-corrected chi connectivity index (χ2v) is 2.26. The van der Waals surface area contributed by atoms with Crippen molar-refractivity contribution in [3.63, 3.8) is 0 Å². The number of rotatable bonds is 3. The number of hydrogen-bond acceptors (Lipinski definition) is 2. The molecule has 2 heteroatoms. The molecular weight excluding hydrogens is 138 g/mol. The minimum absolute atomic E-state index is 0.739. The summed E-state index contributed by atoms with van der Waals surface area (Å²) in [5.41, 5.74) is 0.739. The highest BCUT2D eigenvalue weighted by Gasteiger charge is 1.80. The fourth-order valence-electron chi connectivity index (χ4n) is 0.615. The molecule has 2 nitrogen and oxygen atoms in total. The van der Waals surface area contributed by atoms with E-state index in [0.29, 0.717) is 0 Å². The van der Waals surface area contributed by atoms with Crippen molar-refractivity contribution in [1.29, 1.82) is 0 Å². The van der Waals surface area contributed by atoms with Crippen LogP contribution < -0.4 is 0 Å². The predicted molar refractivity (Wildman–Crippen MR) is 47.4 cm³/mol. The number of nitrogens with zero attached hydrogens (tertiary/aromatic N) is 1. The van der Waals surface area contributed by atoms with E-state index in [4.69, 9.17) is 0 Å². The summed E-state index contributed by atoms with van der Waals surface area (Å²) in [6.07, 6.45) is 3.30. The average molecular weight is 153 g/mol. The molecule has 0 saturated carbocycles. The molecule has 0 saturated heterocycles. The highest BCUT2D eigenvalue weighted by atomic mass is 16.6. The maximum absolute atomic E-state index is 4.55. The Morgan fingerprint density at radius 3 is 2.82 bits per heavy atom. The van der Waals surface area contributed by atoms with Crippen molar-refractivity contribution in [1.82, 2.24) is 0 Å². The van der Waals surface area contributed by atoms with Gasteiger partial charge >= 0.3 is 0 Å². The third kappa shape index (κ3) is 6.92. The lowest BCUT2D eigenvalue weighted by Crippen LogP contribution is -1.85. The average Bonchev–Trinajstić information content (AvgIpc) is 1.99. The first-order chi connectivity index (χ1) is 5.31. The minimum Gasteiger partial charge on any atom is -0.398 e. The highest BCUT2D eigenvalue weighted by Crippen LogP contribution is 1.90. The molecule has 62 valence electrons. The Labute approximate surface area is 68.6 Å². The molecule has 11 heavy (non-hydrogen) atoms. The van der Waals surface area contributed by atoms with Gasteiger partial charge in [-0.1, -0.05) is 24.4 Å². The van der Waals surface area contributed by atoms with Gasteiger partial charge in [-0.15, -0.1) is 0 Å². The van der Waals surface area contributed by atoms with Gasteiger partial charge in [0.1, 0.15) is 12.8 Å². The predicted octanol–water partition coefficient (Wildman–Crippen LogP) is 2.20. The second kappa shape index (κ2) is 7.14. The Bertz CT molecular complexity index is 174. The van der Waals surface area contributed by atoms with Gasteiger partial charge in [-0.2, -0.15) is 0 Å². The SMILES string of the molecule is CCCCC#C/C(C)=N\OC. The summed E-state index contributed by atoms with van der Waals surface area (Å²) in [4.78, 5) is 4.55. The fourth-order valence-corrected chi connectivity index (χ4v) is 0.615. The molecule has 0 fully saturated rings. The molecule has 0 N–H and O–H groups in total. The van der Waals surface area contributed by atoms with Crippen molar-refractivity contribution < 1.29 is 4.84 Å². The van der Waals surface area contributed by atoms with E-state index in [0.717, 1.165) is 18.6 Å². The van der Waals surface area contributed by atoms with E-state index in [1.165, 1.54) is 13.5 Å². The zero-order valence-corrected chi connectivity index (χ0v) is 7.48. The first kappa shape index (κ1) is 10.0. The van der Waals surface area contributed by atoms with Crippen molar-refractivity contribution >= 4 is 5.71 Å². The van der Waals surface area contributed by atoms with Gasteiger partial charge < -0.3 is 4.84 Å². The molecule has 0 aliphatic rings. The summed E-state index contributed by atoms with van der Waals surface area (Å²) in [5.74, 6) is 5.90. The normalized spacial score (nSPS) is 10.3. The lowest BCUT2D eigenvalue weighted by molar-refractivity contribution is 0.214. The van der Waals surface area contributed by atoms with Crippen LogP contribution in [0.5, 0.6) is 0 Å². The maximum atomic E-state index is 4.55. The van der Waals surface area contributed by atoms with E-state index in [1.54, 1.807) is 0 Å². The zero-order chi connectivity index (χ0) is 8.53. The van der Waals surface area contributed by atoms with Crippen molar-refractivity contribution in [3.05, 3.63) is 0 Å². The van der Waals surface area contributed by atoms with Crippen LogP contribution in [0.2, 0.25) is 0 Å². The number of unbranched alkanes of at least 4 members (excludes halogenated alkanes) is 2. The van der Waals surface area contributed by atoms with Gasteiger partial charge in [0.05, 0.1) is 0 Å². The number of oxime groups is 1. The van der Waals surface area contributed by atoms with Gasteiger partial charge in [-0.3, -0.25) is 0 Å². The van der Waals surface area contributed by atoms with Crippen LogP contribution in [0.4, 0.5) is 0 Å². The molecule has 0 aromatic rings. The molecule has 0 radical (unpaired) electrons. The molecule has 0 atom stereocenters. The van der Waals surface area contributed by atoms with Crippen LogP contribution in [-0.2, 0) is 4.84 Å². The summed E-state index contributed by atoms with van der Waals surface area (Å²) < 4.78 is 0. The van der Waals surface area contributed by atoms with E-state index >= 15 is 0 Å². The van der Waals surface area contributed by atoms with E-state index in [-0.39, 0.29) is 0 Å². The van der Waals surface area contributed by atoms with Gasteiger partial charge in [-0.25, -0.2) is 0 Å². The van der Waals surface area contributed by atoms with E-state index in [2.05, 4.69) is 28.8 Å². The standard InChI is InChI=1S/C9H15NO/c1-4-5-6-7-8-9(2)10-11-3/h4-6H2,1-3H3/b10-9-. The molecule has 0 bridgehead atoms. The van der Waals surface area contributed by atoms with Crippen LogP contribution in [-0.4, -0.2) is 12.8 Å². The Morgan fingerprint density at radius 1 is 1.55 bits per heavy atom. The van der Waals surface area contributed by atoms with Crippen molar-refractivity contribution in [2.75, 3.05) is 7.11 Å². The minimum atomic E-state index is 0.739. The van der Waals surface area contributed by atoms with Crippen molar-refractivity contribution in [2.24, 2.45) is 5.16 Å². The van der Waals surface area contributed by atoms with Gasteiger partial charge in [0.2, 0.25) is 0 Å². The summed E-state index contributed by atoms with van der Waals surface area (Å²) in [5, 5.41) is 3.67. The highest BCUT2D eigenvalue weighted by molar-refractivity contribution is 5.97. The van der Waals surface area contributed by atoms with E-state index in [9.17, 15) is 0 Å². The van der Waals surface area contributed by atoms with Crippen LogP contribution in [0.1, 0.15) is 33.1 Å². The maximum Gasteiger partial charge on any atom is 0.126 e. The lowest BCUT2D eigenvalue weighted by atomic mass is 10.2. The first-order valence-corrected chi connectivity index (χ1v) is 3.88. The monoisotopic (exact) mass is 153 g/mol. The molecule has 0 aliphatic heterocycles. The molecule has 0 spiro atoms. The van der Waals surface area contributed by atoms with Gasteiger partial charge in [0.25, 0.3) is 0 Å². The van der Waals surface area contributed by atoms with E-state index in [1.807, 2.05) is 6.92 Å². The van der Waals surface area contributed by atoms with Crippen molar-refractivity contribution in [2.45, 2.75) is 33.1 Å². The second-order valence-electron chi connectivity index (χ2n) is 2.26. The molecule has 0 unspecified atom stereocenters. The van der Waals surface area contributed by atoms with Crippen LogP contribution in [0.3, 0.4) is 0 Å². The molecule has 0 amide bonds. The van der Waals surface area contributed by atoms with Gasteiger partial charge in [-0.05, 0) is 19.3 Å². The fraction of sp³-hybridized carbons (Fsp3) is 0.667. The third-order valence-electron chi connectivity index (χ3n) is 1.15. The van der Waals surface area contributed by atoms with Crippen LogP contribution in [0.25, 0.3) is 0 Å². The van der Waals surface area contributed by atoms with Crippen LogP contribution >= 0.6 is 0 Å². The third-order valence-corrected chi connectivity index (χ3v) is 1.15.